The van der Waals surface area contributed by atoms with Gasteiger partial charge in [-0.25, -0.2) is 0 Å². The molecule has 4 rings (SSSR count). The maximum absolute atomic E-state index is 3.91. The Balaban J connectivity index is 1.90. The molecule has 1 unspecified atom stereocenters. The van der Waals surface area contributed by atoms with Crippen LogP contribution in [-0.2, 0) is 0 Å². The standard InChI is InChI=1S/C19H15NS/c1-2-20-12-6-5-8-17(20)14-10-11-19-16(13-14)15-7-3-4-9-18(15)21-19/h2-13,17H,1H2. The van der Waals surface area contributed by atoms with Crippen molar-refractivity contribution in [1.82, 2.24) is 4.90 Å². The quantitative estimate of drug-likeness (QED) is 0.591. The molecular weight excluding hydrogens is 274 g/mol. The molecule has 0 radical (unpaired) electrons. The van der Waals surface area contributed by atoms with Gasteiger partial charge in [-0.15, -0.1) is 11.3 Å². The van der Waals surface area contributed by atoms with Crippen molar-refractivity contribution in [3.8, 4) is 0 Å². The number of benzene rings is 2. The molecule has 2 aromatic carbocycles. The molecule has 0 bridgehead atoms. The maximum atomic E-state index is 3.91. The lowest BCUT2D eigenvalue weighted by atomic mass is 10.0. The van der Waals surface area contributed by atoms with Crippen LogP contribution < -0.4 is 0 Å². The summed E-state index contributed by atoms with van der Waals surface area (Å²) in [4.78, 5) is 2.13. The molecule has 0 saturated carbocycles. The topological polar surface area (TPSA) is 3.24 Å². The molecule has 1 aliphatic rings. The van der Waals surface area contributed by atoms with Crippen LogP contribution in [0.3, 0.4) is 0 Å². The Bertz CT molecular complexity index is 885. The Morgan fingerprint density at radius 1 is 1.00 bits per heavy atom. The van der Waals surface area contributed by atoms with E-state index in [1.165, 1.54) is 25.7 Å². The number of thiophene rings is 1. The van der Waals surface area contributed by atoms with E-state index in [2.05, 4.69) is 72.3 Å². The van der Waals surface area contributed by atoms with Crippen molar-refractivity contribution in [2.75, 3.05) is 0 Å². The molecule has 1 aromatic heterocycles. The van der Waals surface area contributed by atoms with Crippen molar-refractivity contribution >= 4 is 31.5 Å². The van der Waals surface area contributed by atoms with Crippen LogP contribution in [-0.4, -0.2) is 4.90 Å². The predicted octanol–water partition coefficient (Wildman–Crippen LogP) is 5.62. The van der Waals surface area contributed by atoms with Gasteiger partial charge in [0.1, 0.15) is 0 Å². The van der Waals surface area contributed by atoms with Gasteiger partial charge in [0.15, 0.2) is 0 Å². The maximum Gasteiger partial charge on any atom is 0.0766 e. The van der Waals surface area contributed by atoms with E-state index in [1.807, 2.05) is 23.6 Å². The fourth-order valence-corrected chi connectivity index (χ4v) is 3.98. The molecule has 2 heterocycles. The molecule has 3 aromatic rings. The van der Waals surface area contributed by atoms with Crippen molar-refractivity contribution in [1.29, 1.82) is 0 Å². The third-order valence-corrected chi connectivity index (χ3v) is 5.09. The molecule has 0 aliphatic carbocycles. The Hall–Kier alpha value is -2.32. The van der Waals surface area contributed by atoms with Gasteiger partial charge >= 0.3 is 0 Å². The molecule has 1 nitrogen and oxygen atoms in total. The zero-order valence-corrected chi connectivity index (χ0v) is 12.4. The molecule has 1 aliphatic heterocycles. The lowest BCUT2D eigenvalue weighted by Crippen LogP contribution is -2.17. The number of rotatable bonds is 2. The third-order valence-electron chi connectivity index (χ3n) is 3.94. The first-order chi connectivity index (χ1) is 10.4. The van der Waals surface area contributed by atoms with Crippen molar-refractivity contribution in [2.24, 2.45) is 0 Å². The van der Waals surface area contributed by atoms with Gasteiger partial charge in [0, 0.05) is 26.4 Å². The van der Waals surface area contributed by atoms with Crippen molar-refractivity contribution in [2.45, 2.75) is 6.04 Å². The first kappa shape index (κ1) is 12.4. The van der Waals surface area contributed by atoms with Gasteiger partial charge in [0.05, 0.1) is 6.04 Å². The summed E-state index contributed by atoms with van der Waals surface area (Å²) in [5, 5.41) is 2.69. The Morgan fingerprint density at radius 2 is 1.86 bits per heavy atom. The third kappa shape index (κ3) is 1.99. The molecule has 102 valence electrons. The number of fused-ring (bicyclic) bond motifs is 3. The van der Waals surface area contributed by atoms with Crippen LogP contribution in [0.5, 0.6) is 0 Å². The minimum Gasteiger partial charge on any atom is -0.344 e. The Kier molecular flexibility index (Phi) is 2.90. The van der Waals surface area contributed by atoms with Gasteiger partial charge < -0.3 is 4.90 Å². The van der Waals surface area contributed by atoms with Crippen LogP contribution in [0, 0.1) is 0 Å². The molecule has 0 N–H and O–H groups in total. The summed E-state index contributed by atoms with van der Waals surface area (Å²) >= 11 is 1.86. The summed E-state index contributed by atoms with van der Waals surface area (Å²) in [5.41, 5.74) is 1.30. The van der Waals surface area contributed by atoms with Gasteiger partial charge in [-0.1, -0.05) is 43.0 Å². The smallest absolute Gasteiger partial charge is 0.0766 e. The first-order valence-corrected chi connectivity index (χ1v) is 7.84. The molecule has 0 saturated heterocycles. The number of hydrogen-bond donors (Lipinski definition) is 0. The highest BCUT2D eigenvalue weighted by Crippen LogP contribution is 2.36. The number of allylic oxidation sites excluding steroid dienone is 2. The average molecular weight is 289 g/mol. The second kappa shape index (κ2) is 4.90. The Morgan fingerprint density at radius 3 is 2.76 bits per heavy atom. The minimum absolute atomic E-state index is 0.232. The van der Waals surface area contributed by atoms with E-state index < -0.39 is 0 Å². The van der Waals surface area contributed by atoms with E-state index in [0.29, 0.717) is 0 Å². The van der Waals surface area contributed by atoms with E-state index in [9.17, 15) is 0 Å². The highest BCUT2D eigenvalue weighted by Gasteiger charge is 2.15. The van der Waals surface area contributed by atoms with Crippen LogP contribution in [0.4, 0.5) is 0 Å². The first-order valence-electron chi connectivity index (χ1n) is 7.03. The van der Waals surface area contributed by atoms with Crippen LogP contribution in [0.1, 0.15) is 11.6 Å². The zero-order valence-electron chi connectivity index (χ0n) is 11.6. The van der Waals surface area contributed by atoms with E-state index in [4.69, 9.17) is 0 Å². The average Bonchev–Trinajstić information content (AvgIpc) is 2.92. The van der Waals surface area contributed by atoms with Gasteiger partial charge in [-0.3, -0.25) is 0 Å². The molecule has 0 amide bonds. The second-order valence-corrected chi connectivity index (χ2v) is 6.24. The summed E-state index contributed by atoms with van der Waals surface area (Å²) in [6.45, 7) is 3.91. The van der Waals surface area contributed by atoms with Crippen LogP contribution >= 0.6 is 11.3 Å². The van der Waals surface area contributed by atoms with Gasteiger partial charge in [-0.2, -0.15) is 0 Å². The largest absolute Gasteiger partial charge is 0.344 e. The van der Waals surface area contributed by atoms with Crippen LogP contribution in [0.15, 0.2) is 79.7 Å². The number of nitrogens with zero attached hydrogens (tertiary/aromatic N) is 1. The number of hydrogen-bond acceptors (Lipinski definition) is 2. The molecule has 21 heavy (non-hydrogen) atoms. The summed E-state index contributed by atoms with van der Waals surface area (Å²) in [5.74, 6) is 0. The van der Waals surface area contributed by atoms with Gasteiger partial charge in [0.25, 0.3) is 0 Å². The SMILES string of the molecule is C=CN1C=CC=CC1c1ccc2sc3ccccc3c2c1. The zero-order chi connectivity index (χ0) is 14.2. The minimum atomic E-state index is 0.232. The van der Waals surface area contributed by atoms with Gasteiger partial charge in [0.2, 0.25) is 0 Å². The normalized spacial score (nSPS) is 17.7. The summed E-state index contributed by atoms with van der Waals surface area (Å²) in [6, 6.07) is 15.6. The van der Waals surface area contributed by atoms with E-state index in [0.717, 1.165) is 0 Å². The highest BCUT2D eigenvalue weighted by atomic mass is 32.1. The summed E-state index contributed by atoms with van der Waals surface area (Å²) < 4.78 is 2.70. The van der Waals surface area contributed by atoms with E-state index in [1.54, 1.807) is 0 Å². The fourth-order valence-electron chi connectivity index (χ4n) is 2.90. The predicted molar refractivity (Wildman–Crippen MR) is 92.4 cm³/mol. The molecule has 2 heteroatoms. The van der Waals surface area contributed by atoms with E-state index >= 15 is 0 Å². The summed E-state index contributed by atoms with van der Waals surface area (Å²) in [6.07, 6.45) is 10.3. The van der Waals surface area contributed by atoms with E-state index in [-0.39, 0.29) is 6.04 Å². The highest BCUT2D eigenvalue weighted by molar-refractivity contribution is 7.25. The van der Waals surface area contributed by atoms with Crippen molar-refractivity contribution in [3.63, 3.8) is 0 Å². The summed E-state index contributed by atoms with van der Waals surface area (Å²) in [7, 11) is 0. The second-order valence-electron chi connectivity index (χ2n) is 5.15. The Labute approximate surface area is 128 Å². The van der Waals surface area contributed by atoms with Crippen LogP contribution in [0.2, 0.25) is 0 Å². The fraction of sp³-hybridized carbons (Fsp3) is 0.0526. The molecule has 1 atom stereocenters. The van der Waals surface area contributed by atoms with Gasteiger partial charge in [-0.05, 0) is 36.0 Å². The van der Waals surface area contributed by atoms with Crippen molar-refractivity contribution < 1.29 is 0 Å². The monoisotopic (exact) mass is 289 g/mol. The van der Waals surface area contributed by atoms with Crippen molar-refractivity contribution in [3.05, 3.63) is 85.2 Å². The molecule has 0 spiro atoms. The lowest BCUT2D eigenvalue weighted by Gasteiger charge is -2.27. The molecule has 0 fully saturated rings. The van der Waals surface area contributed by atoms with Crippen LogP contribution in [0.25, 0.3) is 20.2 Å². The lowest BCUT2D eigenvalue weighted by molar-refractivity contribution is 0.435. The molecular formula is C19H15NS.